The average Bonchev–Trinajstić information content (AvgIpc) is 3.29. The van der Waals surface area contributed by atoms with Gasteiger partial charge in [0.2, 0.25) is 0 Å². The molecule has 0 spiro atoms. The van der Waals surface area contributed by atoms with Crippen molar-refractivity contribution in [2.75, 3.05) is 25.5 Å². The highest BCUT2D eigenvalue weighted by molar-refractivity contribution is 6.10. The van der Waals surface area contributed by atoms with Gasteiger partial charge in [0.25, 0.3) is 0 Å². The number of furan rings is 1. The molecule has 0 saturated carbocycles. The number of piperidine rings is 1. The van der Waals surface area contributed by atoms with Crippen molar-refractivity contribution >= 4 is 16.7 Å². The van der Waals surface area contributed by atoms with E-state index in [-0.39, 0.29) is 5.78 Å². The van der Waals surface area contributed by atoms with Crippen LogP contribution in [0.25, 0.3) is 10.9 Å². The van der Waals surface area contributed by atoms with Gasteiger partial charge in [0, 0.05) is 17.1 Å². The molecule has 1 saturated heterocycles. The zero-order valence-corrected chi connectivity index (χ0v) is 14.4. The smallest absolute Gasteiger partial charge is 0.196 e. The average molecular weight is 337 g/mol. The Balaban J connectivity index is 1.70. The summed E-state index contributed by atoms with van der Waals surface area (Å²) in [6, 6.07) is 7.45. The lowest BCUT2D eigenvalue weighted by Crippen LogP contribution is -2.32. The van der Waals surface area contributed by atoms with Crippen molar-refractivity contribution in [3.63, 3.8) is 0 Å². The summed E-state index contributed by atoms with van der Waals surface area (Å²) in [5, 5.41) is 1.09. The summed E-state index contributed by atoms with van der Waals surface area (Å²) in [5.41, 5.74) is 3.48. The van der Waals surface area contributed by atoms with Crippen LogP contribution in [-0.2, 0) is 0 Å². The number of carbonyl (C=O) groups is 1. The number of ketones is 1. The fourth-order valence-electron chi connectivity index (χ4n) is 3.87. The number of hydrogen-bond donors (Lipinski definition) is 1. The Morgan fingerprint density at radius 1 is 1.24 bits per heavy atom. The van der Waals surface area contributed by atoms with Crippen LogP contribution in [0.1, 0.15) is 47.2 Å². The zero-order valence-electron chi connectivity index (χ0n) is 14.4. The van der Waals surface area contributed by atoms with Gasteiger partial charge in [-0.1, -0.05) is 6.92 Å². The highest BCUT2D eigenvalue weighted by atomic mass is 16.3. The molecule has 0 radical (unpaired) electrons. The van der Waals surface area contributed by atoms with Crippen LogP contribution in [0.2, 0.25) is 0 Å². The van der Waals surface area contributed by atoms with Crippen molar-refractivity contribution < 1.29 is 9.21 Å². The molecule has 5 nitrogen and oxygen atoms in total. The van der Waals surface area contributed by atoms with Gasteiger partial charge in [-0.25, -0.2) is 0 Å². The monoisotopic (exact) mass is 337 g/mol. The molecule has 1 aromatic carbocycles. The number of benzene rings is 1. The van der Waals surface area contributed by atoms with Crippen LogP contribution >= 0.6 is 0 Å². The number of carbonyl (C=O) groups excluding carboxylic acids is 1. The van der Waals surface area contributed by atoms with Gasteiger partial charge in [0.1, 0.15) is 6.26 Å². The number of nitrogens with zero attached hydrogens (tertiary/aromatic N) is 2. The van der Waals surface area contributed by atoms with Crippen LogP contribution in [-0.4, -0.2) is 35.0 Å². The standard InChI is InChI=1S/C20H23N3O2/c1-2-22-8-5-14(6-9-22)18-12-23(21)19-4-3-15(11-17(18)19)20(24)16-7-10-25-13-16/h3-4,7,10-14H,2,5-6,8-9,21H2,1H3. The first-order valence-electron chi connectivity index (χ1n) is 8.86. The van der Waals surface area contributed by atoms with Crippen molar-refractivity contribution in [1.29, 1.82) is 0 Å². The Hall–Kier alpha value is -2.53. The summed E-state index contributed by atoms with van der Waals surface area (Å²) in [6.07, 6.45) is 7.31. The normalized spacial score (nSPS) is 16.5. The molecule has 0 unspecified atom stereocenters. The summed E-state index contributed by atoms with van der Waals surface area (Å²) in [4.78, 5) is 15.1. The number of fused-ring (bicyclic) bond motifs is 1. The first kappa shape index (κ1) is 16.0. The minimum absolute atomic E-state index is 0.0211. The topological polar surface area (TPSA) is 64.4 Å². The molecule has 1 aliphatic heterocycles. The molecule has 1 fully saturated rings. The molecule has 5 heteroatoms. The van der Waals surface area contributed by atoms with E-state index in [9.17, 15) is 4.79 Å². The summed E-state index contributed by atoms with van der Waals surface area (Å²) in [7, 11) is 0. The number of rotatable bonds is 4. The lowest BCUT2D eigenvalue weighted by atomic mass is 9.88. The molecular weight excluding hydrogens is 314 g/mol. The van der Waals surface area contributed by atoms with Gasteiger partial charge in [-0.2, -0.15) is 0 Å². The fraction of sp³-hybridized carbons (Fsp3) is 0.350. The number of nitrogens with two attached hydrogens (primary N) is 1. The fourth-order valence-corrected chi connectivity index (χ4v) is 3.87. The van der Waals surface area contributed by atoms with Crippen LogP contribution in [0, 0.1) is 0 Å². The summed E-state index contributed by atoms with van der Waals surface area (Å²) >= 11 is 0. The molecule has 2 N–H and O–H groups in total. The highest BCUT2D eigenvalue weighted by Gasteiger charge is 2.23. The van der Waals surface area contributed by atoms with E-state index < -0.39 is 0 Å². The molecule has 0 aliphatic carbocycles. The quantitative estimate of drug-likeness (QED) is 0.585. The molecule has 1 aliphatic rings. The van der Waals surface area contributed by atoms with Gasteiger partial charge in [-0.3, -0.25) is 9.47 Å². The molecule has 130 valence electrons. The van der Waals surface area contributed by atoms with Gasteiger partial charge < -0.3 is 15.2 Å². The highest BCUT2D eigenvalue weighted by Crippen LogP contribution is 2.34. The van der Waals surface area contributed by atoms with Crippen molar-refractivity contribution in [2.24, 2.45) is 0 Å². The second kappa shape index (κ2) is 6.41. The number of likely N-dealkylation sites (tertiary alicyclic amines) is 1. The predicted octanol–water partition coefficient (Wildman–Crippen LogP) is 3.38. The van der Waals surface area contributed by atoms with E-state index in [1.54, 1.807) is 10.7 Å². The molecule has 4 rings (SSSR count). The third-order valence-corrected chi connectivity index (χ3v) is 5.38. The van der Waals surface area contributed by atoms with Crippen LogP contribution in [0.5, 0.6) is 0 Å². The van der Waals surface area contributed by atoms with E-state index in [0.29, 0.717) is 17.0 Å². The van der Waals surface area contributed by atoms with Crippen LogP contribution < -0.4 is 5.84 Å². The minimum atomic E-state index is -0.0211. The van der Waals surface area contributed by atoms with Gasteiger partial charge in [-0.15, -0.1) is 0 Å². The van der Waals surface area contributed by atoms with Crippen molar-refractivity contribution in [2.45, 2.75) is 25.7 Å². The largest absolute Gasteiger partial charge is 0.472 e. The number of nitrogen functional groups attached to an aromatic ring is 1. The van der Waals surface area contributed by atoms with E-state index in [2.05, 4.69) is 11.8 Å². The van der Waals surface area contributed by atoms with E-state index in [1.807, 2.05) is 24.4 Å². The maximum atomic E-state index is 12.6. The van der Waals surface area contributed by atoms with E-state index in [4.69, 9.17) is 10.3 Å². The molecule has 0 amide bonds. The first-order valence-corrected chi connectivity index (χ1v) is 8.86. The van der Waals surface area contributed by atoms with Crippen molar-refractivity contribution in [1.82, 2.24) is 9.58 Å². The molecular formula is C20H23N3O2. The second-order valence-electron chi connectivity index (χ2n) is 6.77. The maximum absolute atomic E-state index is 12.6. The Morgan fingerprint density at radius 3 is 2.72 bits per heavy atom. The van der Waals surface area contributed by atoms with Gasteiger partial charge in [0.15, 0.2) is 5.78 Å². The molecule has 0 atom stereocenters. The molecule has 3 aromatic rings. The predicted molar refractivity (Wildman–Crippen MR) is 98.3 cm³/mol. The van der Waals surface area contributed by atoms with E-state index in [1.165, 1.54) is 18.1 Å². The first-order chi connectivity index (χ1) is 12.2. The van der Waals surface area contributed by atoms with Crippen molar-refractivity contribution in [3.8, 4) is 0 Å². The molecule has 25 heavy (non-hydrogen) atoms. The third-order valence-electron chi connectivity index (χ3n) is 5.38. The van der Waals surface area contributed by atoms with Crippen LogP contribution in [0.15, 0.2) is 47.4 Å². The third kappa shape index (κ3) is 2.85. The van der Waals surface area contributed by atoms with Crippen molar-refractivity contribution in [3.05, 3.63) is 59.7 Å². The molecule has 2 aromatic heterocycles. The van der Waals surface area contributed by atoms with E-state index >= 15 is 0 Å². The Morgan fingerprint density at radius 2 is 2.04 bits per heavy atom. The maximum Gasteiger partial charge on any atom is 0.196 e. The van der Waals surface area contributed by atoms with Gasteiger partial charge in [-0.05, 0) is 68.2 Å². The molecule has 3 heterocycles. The van der Waals surface area contributed by atoms with E-state index in [0.717, 1.165) is 43.4 Å². The summed E-state index contributed by atoms with van der Waals surface area (Å²) in [6.45, 7) is 5.55. The Labute approximate surface area is 147 Å². The van der Waals surface area contributed by atoms with Gasteiger partial charge >= 0.3 is 0 Å². The SMILES string of the molecule is CCN1CCC(c2cn(N)c3ccc(C(=O)c4ccoc4)cc23)CC1. The Kier molecular flexibility index (Phi) is 4.09. The van der Waals surface area contributed by atoms with Crippen LogP contribution in [0.4, 0.5) is 0 Å². The molecule has 0 bridgehead atoms. The Bertz CT molecular complexity index is 887. The number of hydrogen-bond acceptors (Lipinski definition) is 4. The number of aromatic nitrogens is 1. The van der Waals surface area contributed by atoms with Crippen LogP contribution in [0.3, 0.4) is 0 Å². The summed E-state index contributed by atoms with van der Waals surface area (Å²) < 4.78 is 6.72. The second-order valence-corrected chi connectivity index (χ2v) is 6.77. The lowest BCUT2D eigenvalue weighted by molar-refractivity contribution is 0.103. The lowest BCUT2D eigenvalue weighted by Gasteiger charge is -2.30. The van der Waals surface area contributed by atoms with Gasteiger partial charge in [0.05, 0.1) is 17.3 Å². The minimum Gasteiger partial charge on any atom is -0.472 e. The summed E-state index contributed by atoms with van der Waals surface area (Å²) in [5.74, 6) is 6.64. The zero-order chi connectivity index (χ0) is 17.4.